The number of benzene rings is 1. The lowest BCUT2D eigenvalue weighted by molar-refractivity contribution is 0.127. The number of ether oxygens (including phenoxy) is 1. The van der Waals surface area contributed by atoms with Crippen LogP contribution >= 0.6 is 10.7 Å². The van der Waals surface area contributed by atoms with E-state index in [1.54, 1.807) is 0 Å². The molecule has 0 aromatic heterocycles. The normalized spacial score (nSPS) is 19.9. The monoisotopic (exact) mass is 339 g/mol. The molecular formula is C11H14ClNO5S2. The number of hydrogen-bond acceptors (Lipinski definition) is 5. The number of hydrogen-bond donors (Lipinski definition) is 1. The molecule has 1 aliphatic heterocycles. The summed E-state index contributed by atoms with van der Waals surface area (Å²) in [4.78, 5) is -0.0822. The van der Waals surface area contributed by atoms with E-state index in [2.05, 4.69) is 4.72 Å². The molecule has 1 aromatic carbocycles. The molecule has 1 heterocycles. The van der Waals surface area contributed by atoms with Crippen molar-refractivity contribution in [1.29, 1.82) is 0 Å². The summed E-state index contributed by atoms with van der Waals surface area (Å²) in [7, 11) is -2.16. The molecular weight excluding hydrogens is 326 g/mol. The van der Waals surface area contributed by atoms with Crippen molar-refractivity contribution in [3.05, 3.63) is 24.3 Å². The summed E-state index contributed by atoms with van der Waals surface area (Å²) < 4.78 is 53.6. The van der Waals surface area contributed by atoms with Crippen molar-refractivity contribution < 1.29 is 21.6 Å². The molecule has 1 atom stereocenters. The van der Waals surface area contributed by atoms with Crippen molar-refractivity contribution in [3.63, 3.8) is 0 Å². The van der Waals surface area contributed by atoms with Gasteiger partial charge in [0.1, 0.15) is 0 Å². The molecule has 6 nitrogen and oxygen atoms in total. The summed E-state index contributed by atoms with van der Waals surface area (Å²) >= 11 is 0. The Morgan fingerprint density at radius 2 is 1.85 bits per heavy atom. The highest BCUT2D eigenvalue weighted by Gasteiger charge is 2.23. The Bertz CT molecular complexity index is 663. The molecule has 0 radical (unpaired) electrons. The Labute approximate surface area is 122 Å². The van der Waals surface area contributed by atoms with Crippen LogP contribution in [0.1, 0.15) is 12.8 Å². The Morgan fingerprint density at radius 3 is 2.35 bits per heavy atom. The summed E-state index contributed by atoms with van der Waals surface area (Å²) in [5.74, 6) is -0.109. The zero-order valence-corrected chi connectivity index (χ0v) is 12.8. The van der Waals surface area contributed by atoms with Crippen LogP contribution in [0.3, 0.4) is 0 Å². The lowest BCUT2D eigenvalue weighted by Crippen LogP contribution is -2.25. The highest BCUT2D eigenvalue weighted by atomic mass is 35.7. The Morgan fingerprint density at radius 1 is 1.20 bits per heavy atom. The molecule has 1 N–H and O–H groups in total. The van der Waals surface area contributed by atoms with Crippen LogP contribution in [0.25, 0.3) is 0 Å². The van der Waals surface area contributed by atoms with E-state index in [1.165, 1.54) is 24.3 Å². The first-order chi connectivity index (χ1) is 9.26. The van der Waals surface area contributed by atoms with E-state index in [1.807, 2.05) is 0 Å². The largest absolute Gasteiger partial charge is 0.377 e. The van der Waals surface area contributed by atoms with E-state index in [0.717, 1.165) is 12.8 Å². The zero-order valence-electron chi connectivity index (χ0n) is 10.5. The minimum absolute atomic E-state index is 0.0822. The third kappa shape index (κ3) is 4.34. The van der Waals surface area contributed by atoms with Crippen LogP contribution in [-0.4, -0.2) is 35.3 Å². The van der Waals surface area contributed by atoms with Gasteiger partial charge < -0.3 is 4.74 Å². The first-order valence-corrected chi connectivity index (χ1v) is 9.89. The molecule has 2 rings (SSSR count). The second-order valence-corrected chi connectivity index (χ2v) is 8.81. The summed E-state index contributed by atoms with van der Waals surface area (Å²) in [6.45, 7) is 0.586. The molecule has 20 heavy (non-hydrogen) atoms. The van der Waals surface area contributed by atoms with Gasteiger partial charge in [-0.25, -0.2) is 16.8 Å². The zero-order chi connectivity index (χ0) is 14.8. The molecule has 112 valence electrons. The van der Waals surface area contributed by atoms with Gasteiger partial charge in [-0.3, -0.25) is 4.72 Å². The maximum absolute atomic E-state index is 11.9. The lowest BCUT2D eigenvalue weighted by atomic mass is 10.3. The van der Waals surface area contributed by atoms with Gasteiger partial charge in [-0.1, -0.05) is 0 Å². The van der Waals surface area contributed by atoms with Crippen LogP contribution in [-0.2, 0) is 23.8 Å². The maximum atomic E-state index is 11.9. The van der Waals surface area contributed by atoms with Gasteiger partial charge in [0, 0.05) is 23.0 Å². The van der Waals surface area contributed by atoms with Gasteiger partial charge in [-0.2, -0.15) is 0 Å². The molecule has 1 aromatic rings. The van der Waals surface area contributed by atoms with Crippen molar-refractivity contribution in [1.82, 2.24) is 0 Å². The van der Waals surface area contributed by atoms with Crippen LogP contribution < -0.4 is 4.72 Å². The molecule has 9 heteroatoms. The van der Waals surface area contributed by atoms with E-state index in [9.17, 15) is 16.8 Å². The SMILES string of the molecule is O=S(=O)(CC1CCCO1)Nc1ccc(S(=O)(=O)Cl)cc1. The first-order valence-electron chi connectivity index (χ1n) is 5.93. The molecule has 1 unspecified atom stereocenters. The average Bonchev–Trinajstić information content (AvgIpc) is 2.79. The molecule has 1 saturated heterocycles. The van der Waals surface area contributed by atoms with E-state index >= 15 is 0 Å². The molecule has 0 spiro atoms. The fourth-order valence-corrected chi connectivity index (χ4v) is 4.03. The number of halogens is 1. The number of rotatable bonds is 5. The van der Waals surface area contributed by atoms with Crippen molar-refractivity contribution >= 4 is 35.4 Å². The standard InChI is InChI=1S/C11H14ClNO5S2/c12-20(16,17)11-5-3-9(4-6-11)13-19(14,15)8-10-2-1-7-18-10/h3-6,10,13H,1-2,7-8H2. The van der Waals surface area contributed by atoms with Crippen LogP contribution in [0, 0.1) is 0 Å². The predicted molar refractivity (Wildman–Crippen MR) is 75.9 cm³/mol. The third-order valence-corrected chi connectivity index (χ3v) is 5.57. The first kappa shape index (κ1) is 15.6. The van der Waals surface area contributed by atoms with Gasteiger partial charge >= 0.3 is 0 Å². The van der Waals surface area contributed by atoms with E-state index < -0.39 is 19.1 Å². The van der Waals surface area contributed by atoms with Crippen LogP contribution in [0.15, 0.2) is 29.2 Å². The Hall–Kier alpha value is -0.830. The third-order valence-electron chi connectivity index (χ3n) is 2.84. The minimum Gasteiger partial charge on any atom is -0.377 e. The van der Waals surface area contributed by atoms with Crippen molar-refractivity contribution in [2.45, 2.75) is 23.8 Å². The van der Waals surface area contributed by atoms with Gasteiger partial charge in [0.05, 0.1) is 16.8 Å². The Balaban J connectivity index is 2.05. The molecule has 0 bridgehead atoms. The maximum Gasteiger partial charge on any atom is 0.261 e. The van der Waals surface area contributed by atoms with Crippen molar-refractivity contribution in [2.24, 2.45) is 0 Å². The fraction of sp³-hybridized carbons (Fsp3) is 0.455. The van der Waals surface area contributed by atoms with Gasteiger partial charge in [0.2, 0.25) is 10.0 Å². The van der Waals surface area contributed by atoms with E-state index in [-0.39, 0.29) is 22.4 Å². The van der Waals surface area contributed by atoms with Crippen LogP contribution in [0.5, 0.6) is 0 Å². The Kier molecular flexibility index (Phi) is 4.58. The summed E-state index contributed by atoms with van der Waals surface area (Å²) in [6.07, 6.45) is 1.31. The van der Waals surface area contributed by atoms with Gasteiger partial charge in [-0.15, -0.1) is 0 Å². The highest BCUT2D eigenvalue weighted by Crippen LogP contribution is 2.20. The predicted octanol–water partition coefficient (Wildman–Crippen LogP) is 1.53. The van der Waals surface area contributed by atoms with Gasteiger partial charge in [-0.05, 0) is 37.1 Å². The van der Waals surface area contributed by atoms with Crippen LogP contribution in [0.2, 0.25) is 0 Å². The molecule has 1 aliphatic rings. The second-order valence-electron chi connectivity index (χ2n) is 4.48. The topological polar surface area (TPSA) is 89.5 Å². The number of nitrogens with one attached hydrogen (secondary N) is 1. The fourth-order valence-electron chi connectivity index (χ4n) is 1.93. The van der Waals surface area contributed by atoms with Crippen molar-refractivity contribution in [2.75, 3.05) is 17.1 Å². The molecule has 0 saturated carbocycles. The van der Waals surface area contributed by atoms with Crippen molar-refractivity contribution in [3.8, 4) is 0 Å². The molecule has 0 amide bonds. The van der Waals surface area contributed by atoms with Gasteiger partial charge in [0.25, 0.3) is 9.05 Å². The van der Waals surface area contributed by atoms with Crippen LogP contribution in [0.4, 0.5) is 5.69 Å². The molecule has 0 aliphatic carbocycles. The number of sulfonamides is 1. The smallest absolute Gasteiger partial charge is 0.261 e. The number of anilines is 1. The summed E-state index contributed by atoms with van der Waals surface area (Å²) in [5.41, 5.74) is 0.284. The lowest BCUT2D eigenvalue weighted by Gasteiger charge is -2.12. The average molecular weight is 340 g/mol. The summed E-state index contributed by atoms with van der Waals surface area (Å²) in [6, 6.07) is 5.18. The van der Waals surface area contributed by atoms with E-state index in [4.69, 9.17) is 15.4 Å². The van der Waals surface area contributed by atoms with E-state index in [0.29, 0.717) is 6.61 Å². The summed E-state index contributed by atoms with van der Waals surface area (Å²) in [5, 5.41) is 0. The quantitative estimate of drug-likeness (QED) is 0.822. The minimum atomic E-state index is -3.81. The highest BCUT2D eigenvalue weighted by molar-refractivity contribution is 8.13. The van der Waals surface area contributed by atoms with Gasteiger partial charge in [0.15, 0.2) is 0 Å². The molecule has 1 fully saturated rings. The second kappa shape index (κ2) is 5.88.